The Kier molecular flexibility index (Phi) is 7.15. The van der Waals surface area contributed by atoms with Gasteiger partial charge in [0.25, 0.3) is 0 Å². The fourth-order valence-electron chi connectivity index (χ4n) is 3.75. The van der Waals surface area contributed by atoms with Gasteiger partial charge in [0.2, 0.25) is 5.91 Å². The van der Waals surface area contributed by atoms with Crippen molar-refractivity contribution in [1.29, 1.82) is 0 Å². The second-order valence-electron chi connectivity index (χ2n) is 7.90. The topological polar surface area (TPSA) is 54.5 Å². The molecule has 2 bridgehead atoms. The lowest BCUT2D eigenvalue weighted by atomic mass is 10.1. The Morgan fingerprint density at radius 2 is 2.00 bits per heavy atom. The Balaban J connectivity index is 1.69. The van der Waals surface area contributed by atoms with Gasteiger partial charge in [0, 0.05) is 33.2 Å². The summed E-state index contributed by atoms with van der Waals surface area (Å²) in [7, 11) is 5.95. The summed E-state index contributed by atoms with van der Waals surface area (Å²) in [6.45, 7) is 7.51. The van der Waals surface area contributed by atoms with Crippen molar-refractivity contribution in [2.75, 3.05) is 67.2 Å². The molecule has 0 saturated carbocycles. The van der Waals surface area contributed by atoms with E-state index in [0.717, 1.165) is 37.7 Å². The third-order valence-electron chi connectivity index (χ3n) is 5.33. The van der Waals surface area contributed by atoms with Gasteiger partial charge in [0.1, 0.15) is 6.61 Å². The van der Waals surface area contributed by atoms with Gasteiger partial charge in [-0.1, -0.05) is 6.07 Å². The van der Waals surface area contributed by atoms with E-state index in [2.05, 4.69) is 21.9 Å². The number of carbonyl (C=O) groups excluding carboxylic acids is 1. The maximum absolute atomic E-state index is 12.5. The van der Waals surface area contributed by atoms with Crippen molar-refractivity contribution in [1.82, 2.24) is 14.7 Å². The molecule has 3 rings (SSSR count). The molecule has 0 spiro atoms. The maximum atomic E-state index is 12.5. The average Bonchev–Trinajstić information content (AvgIpc) is 2.82. The van der Waals surface area contributed by atoms with Gasteiger partial charge in [-0.3, -0.25) is 9.69 Å². The largest absolute Gasteiger partial charge is 0.490 e. The number of benzene rings is 1. The van der Waals surface area contributed by atoms with E-state index >= 15 is 0 Å². The number of ether oxygens (including phenoxy) is 3. The van der Waals surface area contributed by atoms with E-state index < -0.39 is 0 Å². The minimum Gasteiger partial charge on any atom is -0.490 e. The van der Waals surface area contributed by atoms with Crippen molar-refractivity contribution in [2.45, 2.75) is 19.5 Å². The van der Waals surface area contributed by atoms with Gasteiger partial charge in [0.05, 0.1) is 31.8 Å². The van der Waals surface area contributed by atoms with Gasteiger partial charge in [-0.2, -0.15) is 0 Å². The molecule has 7 heteroatoms. The summed E-state index contributed by atoms with van der Waals surface area (Å²) in [6.07, 6.45) is 0. The molecular weight excluding hydrogens is 358 g/mol. The van der Waals surface area contributed by atoms with Crippen LogP contribution in [0.1, 0.15) is 12.5 Å². The van der Waals surface area contributed by atoms with E-state index in [0.29, 0.717) is 26.4 Å². The maximum Gasteiger partial charge on any atom is 0.229 e. The van der Waals surface area contributed by atoms with E-state index in [9.17, 15) is 4.79 Å². The molecule has 2 aliphatic heterocycles. The molecule has 2 aliphatic rings. The lowest BCUT2D eigenvalue weighted by molar-refractivity contribution is -0.133. The number of hydrogen-bond donors (Lipinski definition) is 0. The van der Waals surface area contributed by atoms with Crippen LogP contribution in [0, 0.1) is 5.92 Å². The van der Waals surface area contributed by atoms with Crippen molar-refractivity contribution >= 4 is 5.91 Å². The Bertz CT molecular complexity index is 667. The summed E-state index contributed by atoms with van der Waals surface area (Å²) in [6, 6.07) is 6.27. The van der Waals surface area contributed by atoms with E-state index in [1.54, 1.807) is 0 Å². The van der Waals surface area contributed by atoms with Crippen LogP contribution in [-0.2, 0) is 16.1 Å². The zero-order chi connectivity index (χ0) is 20.1. The second kappa shape index (κ2) is 9.58. The zero-order valence-corrected chi connectivity index (χ0v) is 17.5. The van der Waals surface area contributed by atoms with Crippen LogP contribution in [0.5, 0.6) is 11.5 Å². The normalized spacial score (nSPS) is 23.0. The predicted octanol–water partition coefficient (Wildman–Crippen LogP) is 1.31. The Morgan fingerprint density at radius 3 is 2.75 bits per heavy atom. The molecule has 2 heterocycles. The third-order valence-corrected chi connectivity index (χ3v) is 5.33. The molecule has 1 aromatic carbocycles. The van der Waals surface area contributed by atoms with Crippen LogP contribution >= 0.6 is 0 Å². The monoisotopic (exact) mass is 391 g/mol. The number of nitrogens with zero attached hydrogens (tertiary/aromatic N) is 3. The number of rotatable bonds is 8. The summed E-state index contributed by atoms with van der Waals surface area (Å²) < 4.78 is 17.4. The molecule has 0 N–H and O–H groups in total. The van der Waals surface area contributed by atoms with Crippen LogP contribution in [0.3, 0.4) is 0 Å². The molecule has 2 saturated heterocycles. The molecule has 0 radical (unpaired) electrons. The Morgan fingerprint density at radius 1 is 1.18 bits per heavy atom. The zero-order valence-electron chi connectivity index (χ0n) is 17.5. The molecule has 28 heavy (non-hydrogen) atoms. The predicted molar refractivity (Wildman–Crippen MR) is 108 cm³/mol. The average molecular weight is 392 g/mol. The number of fused-ring (bicyclic) bond motifs is 3. The van der Waals surface area contributed by atoms with Crippen LogP contribution in [0.15, 0.2) is 18.2 Å². The molecule has 7 nitrogen and oxygen atoms in total. The summed E-state index contributed by atoms with van der Waals surface area (Å²) in [5.41, 5.74) is 1.17. The minimum absolute atomic E-state index is 0.0856. The highest BCUT2D eigenvalue weighted by molar-refractivity contribution is 5.79. The molecule has 0 aliphatic carbocycles. The fourth-order valence-corrected chi connectivity index (χ4v) is 3.75. The molecular formula is C21H33N3O4. The lowest BCUT2D eigenvalue weighted by Gasteiger charge is -2.29. The fraction of sp³-hybridized carbons (Fsp3) is 0.667. The van der Waals surface area contributed by atoms with Crippen molar-refractivity contribution in [3.05, 3.63) is 23.8 Å². The molecule has 1 aromatic rings. The highest BCUT2D eigenvalue weighted by Crippen LogP contribution is 2.30. The molecule has 2 atom stereocenters. The minimum atomic E-state index is -0.0856. The molecule has 156 valence electrons. The number of amides is 1. The second-order valence-corrected chi connectivity index (χ2v) is 7.90. The molecule has 2 fully saturated rings. The standard InChI is InChI=1S/C21H33N3O4/c1-5-27-20-10-16(6-7-19(20)28-9-8-22(2)3)11-24-12-17-14-26-15-18(13-24)23(4)21(17)25/h6-7,10,17-18H,5,8-9,11-15H2,1-4H3/t17-,18+/m1/s1. The van der Waals surface area contributed by atoms with E-state index in [1.807, 2.05) is 39.0 Å². The molecule has 0 aromatic heterocycles. The van der Waals surface area contributed by atoms with Gasteiger partial charge < -0.3 is 24.0 Å². The van der Waals surface area contributed by atoms with E-state index in [4.69, 9.17) is 14.2 Å². The quantitative estimate of drug-likeness (QED) is 0.666. The summed E-state index contributed by atoms with van der Waals surface area (Å²) in [5.74, 6) is 1.68. The smallest absolute Gasteiger partial charge is 0.229 e. The van der Waals surface area contributed by atoms with Gasteiger partial charge >= 0.3 is 0 Å². The van der Waals surface area contributed by atoms with Crippen LogP contribution in [-0.4, -0.2) is 93.9 Å². The Labute approximate surface area is 168 Å². The van der Waals surface area contributed by atoms with Crippen LogP contribution < -0.4 is 9.47 Å². The van der Waals surface area contributed by atoms with Crippen molar-refractivity contribution in [2.24, 2.45) is 5.92 Å². The van der Waals surface area contributed by atoms with Crippen LogP contribution in [0.4, 0.5) is 0 Å². The van der Waals surface area contributed by atoms with Gasteiger partial charge in [-0.15, -0.1) is 0 Å². The van der Waals surface area contributed by atoms with Gasteiger partial charge in [-0.25, -0.2) is 0 Å². The lowest BCUT2D eigenvalue weighted by Crippen LogP contribution is -2.42. The first-order valence-electron chi connectivity index (χ1n) is 10.1. The van der Waals surface area contributed by atoms with Crippen LogP contribution in [0.2, 0.25) is 0 Å². The number of likely N-dealkylation sites (N-methyl/N-ethyl adjacent to an activating group) is 2. The Hall–Kier alpha value is -1.83. The first-order chi connectivity index (χ1) is 13.5. The van der Waals surface area contributed by atoms with Crippen molar-refractivity contribution < 1.29 is 19.0 Å². The number of hydrogen-bond acceptors (Lipinski definition) is 6. The van der Waals surface area contributed by atoms with E-state index in [1.165, 1.54) is 5.56 Å². The van der Waals surface area contributed by atoms with E-state index in [-0.39, 0.29) is 17.9 Å². The first-order valence-corrected chi connectivity index (χ1v) is 10.1. The SMILES string of the molecule is CCOc1cc(CN2C[C@@H]3COC[C@H](C2)N(C)C3=O)ccc1OCCN(C)C. The first kappa shape index (κ1) is 20.9. The van der Waals surface area contributed by atoms with Crippen molar-refractivity contribution in [3.63, 3.8) is 0 Å². The van der Waals surface area contributed by atoms with Crippen LogP contribution in [0.25, 0.3) is 0 Å². The summed E-state index contributed by atoms with van der Waals surface area (Å²) >= 11 is 0. The highest BCUT2D eigenvalue weighted by Gasteiger charge is 2.37. The van der Waals surface area contributed by atoms with Gasteiger partial charge in [-0.05, 0) is 38.7 Å². The summed E-state index contributed by atoms with van der Waals surface area (Å²) in [4.78, 5) is 18.9. The number of carbonyl (C=O) groups is 1. The van der Waals surface area contributed by atoms with Crippen molar-refractivity contribution in [3.8, 4) is 11.5 Å². The highest BCUT2D eigenvalue weighted by atomic mass is 16.5. The third kappa shape index (κ3) is 5.16. The molecule has 0 unspecified atom stereocenters. The van der Waals surface area contributed by atoms with Gasteiger partial charge in [0.15, 0.2) is 11.5 Å². The molecule has 1 amide bonds. The summed E-state index contributed by atoms with van der Waals surface area (Å²) in [5, 5.41) is 0.